The van der Waals surface area contributed by atoms with Crippen LogP contribution in [0, 0.1) is 41.9 Å². The van der Waals surface area contributed by atoms with Gasteiger partial charge in [-0.15, -0.1) is 0 Å². The molecule has 2 atom stereocenters. The van der Waals surface area contributed by atoms with Gasteiger partial charge in [0.1, 0.15) is 6.07 Å². The summed E-state index contributed by atoms with van der Waals surface area (Å²) in [6, 6.07) is 17.0. The zero-order valence-electron chi connectivity index (χ0n) is 30.1. The lowest BCUT2D eigenvalue weighted by molar-refractivity contribution is -0.141. The lowest BCUT2D eigenvalue weighted by Crippen LogP contribution is -2.32. The Bertz CT molecular complexity index is 2060. The number of carbonyl (C=O) groups excluding carboxylic acids is 3. The second-order valence-corrected chi connectivity index (χ2v) is 17.5. The van der Waals surface area contributed by atoms with Crippen molar-refractivity contribution >= 4 is 41.4 Å². The van der Waals surface area contributed by atoms with Gasteiger partial charge in [0.15, 0.2) is 17.1 Å². The van der Waals surface area contributed by atoms with Crippen molar-refractivity contribution in [3.8, 4) is 17.6 Å². The van der Waals surface area contributed by atoms with E-state index in [1.807, 2.05) is 12.1 Å². The normalized spacial score (nSPS) is 26.2. The third-order valence-corrected chi connectivity index (χ3v) is 14.3. The van der Waals surface area contributed by atoms with E-state index in [0.717, 1.165) is 90.3 Å². The van der Waals surface area contributed by atoms with Crippen LogP contribution in [-0.2, 0) is 19.1 Å². The van der Waals surface area contributed by atoms with E-state index in [-0.39, 0.29) is 47.8 Å². The van der Waals surface area contributed by atoms with Crippen LogP contribution in [0.25, 0.3) is 0 Å². The fourth-order valence-corrected chi connectivity index (χ4v) is 11.5. The Balaban J connectivity index is 1.37. The van der Waals surface area contributed by atoms with Gasteiger partial charge in [0.25, 0.3) is 0 Å². The van der Waals surface area contributed by atoms with E-state index >= 15 is 0 Å². The van der Waals surface area contributed by atoms with E-state index < -0.39 is 5.97 Å². The Hall–Kier alpha value is -4.00. The molecule has 2 fully saturated rings. The molecule has 0 saturated heterocycles. The van der Waals surface area contributed by atoms with E-state index in [1.165, 1.54) is 23.5 Å². The van der Waals surface area contributed by atoms with E-state index in [4.69, 9.17) is 14.2 Å². The van der Waals surface area contributed by atoms with E-state index in [9.17, 15) is 19.6 Å². The number of thioether (sulfide) groups is 2. The third kappa shape index (κ3) is 5.96. The topological polar surface area (TPSA) is 103 Å². The molecule has 2 saturated carbocycles. The minimum Gasteiger partial charge on any atom is -0.462 e. The highest BCUT2D eigenvalue weighted by Crippen LogP contribution is 2.68. The van der Waals surface area contributed by atoms with Crippen molar-refractivity contribution in [1.82, 2.24) is 0 Å². The Kier molecular flexibility index (Phi) is 9.50. The molecule has 1 aliphatic heterocycles. The molecule has 9 rings (SSSR count). The predicted octanol–water partition coefficient (Wildman–Crippen LogP) is 9.94. The number of ether oxygens (including phenoxy) is 3. The van der Waals surface area contributed by atoms with Crippen LogP contribution in [0.3, 0.4) is 0 Å². The van der Waals surface area contributed by atoms with Crippen molar-refractivity contribution in [2.24, 2.45) is 23.7 Å². The van der Waals surface area contributed by atoms with Crippen LogP contribution in [0.1, 0.15) is 123 Å². The number of aryl methyl sites for hydroxylation is 1. The molecule has 9 heteroatoms. The lowest BCUT2D eigenvalue weighted by Gasteiger charge is -2.44. The zero-order chi connectivity index (χ0) is 36.3. The highest BCUT2D eigenvalue weighted by Gasteiger charge is 2.49. The average molecular weight is 734 g/mol. The summed E-state index contributed by atoms with van der Waals surface area (Å²) in [5.41, 5.74) is 7.23. The van der Waals surface area contributed by atoms with Crippen LogP contribution in [0.15, 0.2) is 62.1 Å². The predicted molar refractivity (Wildman–Crippen MR) is 200 cm³/mol. The average Bonchev–Trinajstić information content (AvgIpc) is 3.58. The molecule has 0 spiro atoms. The summed E-state index contributed by atoms with van der Waals surface area (Å²) in [4.78, 5) is 42.7. The van der Waals surface area contributed by atoms with Gasteiger partial charge in [-0.2, -0.15) is 5.26 Å². The first-order valence-electron chi connectivity index (χ1n) is 18.7. The fraction of sp³-hybridized carbons (Fsp3) is 0.442. The SMILES string of the molecule is CCOC(=O)/C(C#N)=C1/Sc2c(OC(=O)C3CCC(C)CC3)c3c(c(OC(=O)C4CCC(C)CC4)c2S1)C1c2ccccc2C3c2ccc(C)cc21. The van der Waals surface area contributed by atoms with Crippen molar-refractivity contribution in [1.29, 1.82) is 5.26 Å². The van der Waals surface area contributed by atoms with Gasteiger partial charge in [0.2, 0.25) is 0 Å². The maximum absolute atomic E-state index is 14.2. The fourth-order valence-electron chi connectivity index (χ4n) is 8.90. The number of carbonyl (C=O) groups is 3. The molecule has 5 aliphatic carbocycles. The summed E-state index contributed by atoms with van der Waals surface area (Å²) in [7, 11) is 0. The molecule has 0 aromatic heterocycles. The summed E-state index contributed by atoms with van der Waals surface area (Å²) in [6.45, 7) is 8.37. The van der Waals surface area contributed by atoms with Gasteiger partial charge in [-0.3, -0.25) is 9.59 Å². The lowest BCUT2D eigenvalue weighted by atomic mass is 9.60. The van der Waals surface area contributed by atoms with Crippen LogP contribution in [0.2, 0.25) is 0 Å². The number of fused-ring (bicyclic) bond motifs is 1. The Morgan fingerprint density at radius 2 is 1.21 bits per heavy atom. The molecule has 3 aromatic rings. The summed E-state index contributed by atoms with van der Waals surface area (Å²) in [5, 5.41) is 10.2. The van der Waals surface area contributed by atoms with Crippen molar-refractivity contribution in [2.75, 3.05) is 6.61 Å². The number of hydrogen-bond acceptors (Lipinski definition) is 9. The monoisotopic (exact) mass is 733 g/mol. The van der Waals surface area contributed by atoms with Gasteiger partial charge in [0, 0.05) is 23.0 Å². The highest BCUT2D eigenvalue weighted by atomic mass is 32.2. The number of rotatable bonds is 6. The standard InChI is InChI=1S/C43H43NO6S2/c1-5-48-42(47)31(21-44)43-51-38-36(49-40(45)25-15-10-22(2)11-16-25)34-32-27-8-6-7-9-28(27)33(30-20-24(4)14-19-29(30)32)35(34)37(39(38)52-43)50-41(46)26-17-12-23(3)13-18-26/h6-9,14,19-20,22-23,25-26,32-33H,5,10-13,15-18H2,1-4H3/b43-31-. The maximum Gasteiger partial charge on any atom is 0.350 e. The van der Waals surface area contributed by atoms with Crippen LogP contribution >= 0.6 is 23.5 Å². The zero-order valence-corrected chi connectivity index (χ0v) is 31.7. The molecule has 3 aromatic carbocycles. The van der Waals surface area contributed by atoms with Gasteiger partial charge in [0.05, 0.1) is 32.5 Å². The molecular formula is C43H43NO6S2. The summed E-state index contributed by atoms with van der Waals surface area (Å²) < 4.78 is 19.0. The van der Waals surface area contributed by atoms with Crippen LogP contribution in [0.4, 0.5) is 0 Å². The second kappa shape index (κ2) is 14.1. The number of nitriles is 1. The Morgan fingerprint density at radius 3 is 1.69 bits per heavy atom. The van der Waals surface area contributed by atoms with Gasteiger partial charge in [-0.25, -0.2) is 4.79 Å². The molecule has 0 radical (unpaired) electrons. The van der Waals surface area contributed by atoms with Gasteiger partial charge in [-0.05, 0) is 99.3 Å². The maximum atomic E-state index is 14.2. The molecule has 7 nitrogen and oxygen atoms in total. The number of benzene rings is 3. The molecule has 2 unspecified atom stereocenters. The Labute approximate surface area is 313 Å². The third-order valence-electron chi connectivity index (χ3n) is 11.7. The van der Waals surface area contributed by atoms with Gasteiger partial charge >= 0.3 is 17.9 Å². The molecule has 268 valence electrons. The summed E-state index contributed by atoms with van der Waals surface area (Å²) in [6.07, 6.45) is 6.96. The second-order valence-electron chi connectivity index (χ2n) is 15.2. The van der Waals surface area contributed by atoms with Crippen molar-refractivity contribution in [3.05, 3.63) is 91.2 Å². The number of nitrogens with zero attached hydrogens (tertiary/aromatic N) is 1. The van der Waals surface area contributed by atoms with Crippen molar-refractivity contribution in [2.45, 2.75) is 101 Å². The molecule has 0 N–H and O–H groups in total. The number of esters is 3. The van der Waals surface area contributed by atoms with Crippen LogP contribution in [0.5, 0.6) is 11.5 Å². The van der Waals surface area contributed by atoms with E-state index in [1.54, 1.807) is 6.92 Å². The molecule has 6 aliphatic rings. The quantitative estimate of drug-likeness (QED) is 0.0730. The molecule has 0 amide bonds. The first-order chi connectivity index (χ1) is 25.2. The first kappa shape index (κ1) is 35.1. The minimum atomic E-state index is -0.710. The first-order valence-corrected chi connectivity index (χ1v) is 20.3. The van der Waals surface area contributed by atoms with E-state index in [2.05, 4.69) is 57.2 Å². The summed E-state index contributed by atoms with van der Waals surface area (Å²) in [5.74, 6) is -0.193. The van der Waals surface area contributed by atoms with E-state index in [0.29, 0.717) is 37.4 Å². The van der Waals surface area contributed by atoms with Gasteiger partial charge in [-0.1, -0.05) is 85.4 Å². The van der Waals surface area contributed by atoms with Crippen molar-refractivity contribution in [3.63, 3.8) is 0 Å². The largest absolute Gasteiger partial charge is 0.462 e. The smallest absolute Gasteiger partial charge is 0.350 e. The molecular weight excluding hydrogens is 691 g/mol. The summed E-state index contributed by atoms with van der Waals surface area (Å²) >= 11 is 2.46. The molecule has 1 heterocycles. The minimum absolute atomic E-state index is 0.117. The van der Waals surface area contributed by atoms with Crippen LogP contribution < -0.4 is 9.47 Å². The van der Waals surface area contributed by atoms with Gasteiger partial charge < -0.3 is 14.2 Å². The van der Waals surface area contributed by atoms with Crippen LogP contribution in [-0.4, -0.2) is 24.5 Å². The highest BCUT2D eigenvalue weighted by molar-refractivity contribution is 8.24. The Morgan fingerprint density at radius 1 is 0.731 bits per heavy atom. The van der Waals surface area contributed by atoms with Crippen molar-refractivity contribution < 1.29 is 28.6 Å². The molecule has 52 heavy (non-hydrogen) atoms. The number of hydrogen-bond donors (Lipinski definition) is 0. The molecule has 2 bridgehead atoms.